The minimum absolute atomic E-state index is 0.244. The first kappa shape index (κ1) is 14.1. The molecule has 1 N–H and O–H groups in total. The first-order valence-electron chi connectivity index (χ1n) is 6.86. The molecular formula is C14H16N6O2. The first-order valence-corrected chi connectivity index (χ1v) is 6.86. The standard InChI is InChI=1S/C14H16N6O2/c1-18(2)12-15-13-19(14(22)16-12)8-9-20(13)17-11(21)10-6-4-3-5-7-10/h3-7H,8-9H2,1-2H3,(H,17,21). The van der Waals surface area contributed by atoms with Crippen LogP contribution in [0.4, 0.5) is 11.9 Å². The average Bonchev–Trinajstić information content (AvgIpc) is 2.91. The van der Waals surface area contributed by atoms with Crippen molar-refractivity contribution in [2.75, 3.05) is 30.5 Å². The zero-order valence-electron chi connectivity index (χ0n) is 12.4. The molecule has 0 aliphatic carbocycles. The second-order valence-electron chi connectivity index (χ2n) is 5.11. The summed E-state index contributed by atoms with van der Waals surface area (Å²) in [5, 5.41) is 1.57. The van der Waals surface area contributed by atoms with Gasteiger partial charge < -0.3 is 4.90 Å². The molecule has 0 atom stereocenters. The summed E-state index contributed by atoms with van der Waals surface area (Å²) in [6.07, 6.45) is 0. The van der Waals surface area contributed by atoms with Gasteiger partial charge in [0.15, 0.2) is 0 Å². The molecule has 0 bridgehead atoms. The molecule has 0 radical (unpaired) electrons. The highest BCUT2D eigenvalue weighted by Gasteiger charge is 2.25. The fourth-order valence-corrected chi connectivity index (χ4v) is 2.19. The van der Waals surface area contributed by atoms with Crippen molar-refractivity contribution in [2.45, 2.75) is 6.54 Å². The number of benzene rings is 1. The molecule has 8 heteroatoms. The number of fused-ring (bicyclic) bond motifs is 1. The number of anilines is 2. The largest absolute Gasteiger partial charge is 0.353 e. The Morgan fingerprint density at radius 2 is 1.91 bits per heavy atom. The molecule has 2 aromatic rings. The van der Waals surface area contributed by atoms with Crippen LogP contribution in [0.3, 0.4) is 0 Å². The van der Waals surface area contributed by atoms with Crippen LogP contribution in [0.5, 0.6) is 0 Å². The number of nitrogens with zero attached hydrogens (tertiary/aromatic N) is 5. The zero-order chi connectivity index (χ0) is 15.7. The van der Waals surface area contributed by atoms with Gasteiger partial charge >= 0.3 is 5.69 Å². The van der Waals surface area contributed by atoms with Gasteiger partial charge in [0.05, 0.1) is 13.1 Å². The molecule has 0 unspecified atom stereocenters. The first-order chi connectivity index (χ1) is 10.6. The van der Waals surface area contributed by atoms with Crippen LogP contribution in [0.2, 0.25) is 0 Å². The summed E-state index contributed by atoms with van der Waals surface area (Å²) in [7, 11) is 3.52. The third-order valence-corrected chi connectivity index (χ3v) is 3.33. The third kappa shape index (κ3) is 2.50. The van der Waals surface area contributed by atoms with E-state index in [4.69, 9.17) is 0 Å². The highest BCUT2D eigenvalue weighted by molar-refractivity contribution is 5.94. The van der Waals surface area contributed by atoms with Crippen LogP contribution >= 0.6 is 0 Å². The molecule has 8 nitrogen and oxygen atoms in total. The van der Waals surface area contributed by atoms with E-state index < -0.39 is 0 Å². The number of amides is 1. The summed E-state index contributed by atoms with van der Waals surface area (Å²) in [6.45, 7) is 0.913. The van der Waals surface area contributed by atoms with Crippen molar-refractivity contribution < 1.29 is 4.79 Å². The fraction of sp³-hybridized carbons (Fsp3) is 0.286. The maximum absolute atomic E-state index is 12.2. The molecule has 114 valence electrons. The van der Waals surface area contributed by atoms with Gasteiger partial charge in [-0.1, -0.05) is 18.2 Å². The summed E-state index contributed by atoms with van der Waals surface area (Å²) >= 11 is 0. The van der Waals surface area contributed by atoms with E-state index in [1.165, 1.54) is 4.57 Å². The molecule has 22 heavy (non-hydrogen) atoms. The number of hydrogen-bond donors (Lipinski definition) is 1. The second-order valence-corrected chi connectivity index (χ2v) is 5.11. The van der Waals surface area contributed by atoms with Crippen LogP contribution in [0, 0.1) is 0 Å². The van der Waals surface area contributed by atoms with Gasteiger partial charge in [0, 0.05) is 19.7 Å². The molecular weight excluding hydrogens is 284 g/mol. The summed E-state index contributed by atoms with van der Waals surface area (Å²) in [5.41, 5.74) is 2.95. The highest BCUT2D eigenvalue weighted by atomic mass is 16.2. The number of hydrazine groups is 1. The van der Waals surface area contributed by atoms with E-state index in [-0.39, 0.29) is 11.6 Å². The van der Waals surface area contributed by atoms with Crippen LogP contribution in [-0.4, -0.2) is 41.1 Å². The van der Waals surface area contributed by atoms with E-state index in [9.17, 15) is 9.59 Å². The van der Waals surface area contributed by atoms with E-state index in [2.05, 4.69) is 15.4 Å². The number of rotatable bonds is 3. The lowest BCUT2D eigenvalue weighted by molar-refractivity contribution is 0.0949. The van der Waals surface area contributed by atoms with Crippen molar-refractivity contribution in [1.82, 2.24) is 20.0 Å². The molecule has 2 heterocycles. The van der Waals surface area contributed by atoms with Crippen molar-refractivity contribution >= 4 is 17.8 Å². The van der Waals surface area contributed by atoms with Crippen LogP contribution in [0.15, 0.2) is 35.1 Å². The van der Waals surface area contributed by atoms with Crippen molar-refractivity contribution in [1.29, 1.82) is 0 Å². The minimum Gasteiger partial charge on any atom is -0.347 e. The van der Waals surface area contributed by atoms with Crippen molar-refractivity contribution in [3.63, 3.8) is 0 Å². The van der Waals surface area contributed by atoms with E-state index in [1.807, 2.05) is 6.07 Å². The summed E-state index contributed by atoms with van der Waals surface area (Å²) in [5.74, 6) is 0.469. The smallest absolute Gasteiger partial charge is 0.347 e. The predicted molar refractivity (Wildman–Crippen MR) is 81.9 cm³/mol. The molecule has 1 aromatic carbocycles. The summed E-state index contributed by atoms with van der Waals surface area (Å²) < 4.78 is 1.44. The predicted octanol–water partition coefficient (Wildman–Crippen LogP) is -0.131. The van der Waals surface area contributed by atoms with Gasteiger partial charge in [-0.2, -0.15) is 9.97 Å². The van der Waals surface area contributed by atoms with Crippen molar-refractivity contribution in [2.24, 2.45) is 0 Å². The van der Waals surface area contributed by atoms with E-state index >= 15 is 0 Å². The molecule has 1 aliphatic heterocycles. The monoisotopic (exact) mass is 300 g/mol. The Morgan fingerprint density at radius 3 is 2.59 bits per heavy atom. The van der Waals surface area contributed by atoms with Gasteiger partial charge in [0.25, 0.3) is 5.91 Å². The summed E-state index contributed by atoms with van der Waals surface area (Å²) in [4.78, 5) is 34.1. The number of nitrogens with one attached hydrogen (secondary N) is 1. The lowest BCUT2D eigenvalue weighted by Gasteiger charge is -2.19. The quantitative estimate of drug-likeness (QED) is 0.850. The van der Waals surface area contributed by atoms with Gasteiger partial charge in [-0.15, -0.1) is 0 Å². The Morgan fingerprint density at radius 1 is 1.18 bits per heavy atom. The summed E-state index contributed by atoms with van der Waals surface area (Å²) in [6, 6.07) is 8.89. The van der Waals surface area contributed by atoms with Gasteiger partial charge in [-0.25, -0.2) is 4.79 Å². The molecule has 0 saturated heterocycles. The van der Waals surface area contributed by atoms with Gasteiger partial charge in [-0.05, 0) is 12.1 Å². The molecule has 1 amide bonds. The number of carbonyl (C=O) groups excluding carboxylic acids is 1. The molecule has 0 spiro atoms. The van der Waals surface area contributed by atoms with Crippen LogP contribution in [0.1, 0.15) is 10.4 Å². The van der Waals surface area contributed by atoms with E-state index in [0.717, 1.165) is 0 Å². The Balaban J connectivity index is 1.88. The van der Waals surface area contributed by atoms with Crippen LogP contribution in [0.25, 0.3) is 0 Å². The van der Waals surface area contributed by atoms with Crippen LogP contribution < -0.4 is 21.0 Å². The van der Waals surface area contributed by atoms with Gasteiger partial charge in [-0.3, -0.25) is 19.8 Å². The Bertz CT molecular complexity index is 756. The lowest BCUT2D eigenvalue weighted by Crippen LogP contribution is -2.42. The molecule has 1 aromatic heterocycles. The van der Waals surface area contributed by atoms with Crippen molar-refractivity contribution in [3.05, 3.63) is 46.4 Å². The normalized spacial score (nSPS) is 12.9. The molecule has 0 fully saturated rings. The fourth-order valence-electron chi connectivity index (χ4n) is 2.19. The van der Waals surface area contributed by atoms with E-state index in [0.29, 0.717) is 30.5 Å². The molecule has 0 saturated carbocycles. The maximum atomic E-state index is 12.2. The Hall–Kier alpha value is -2.90. The topological polar surface area (TPSA) is 83.4 Å². The second kappa shape index (κ2) is 5.47. The number of carbonyl (C=O) groups is 1. The van der Waals surface area contributed by atoms with Crippen LogP contribution in [-0.2, 0) is 6.54 Å². The molecule has 3 rings (SSSR count). The third-order valence-electron chi connectivity index (χ3n) is 3.33. The number of aromatic nitrogens is 3. The maximum Gasteiger partial charge on any atom is 0.353 e. The van der Waals surface area contributed by atoms with Gasteiger partial charge in [0.1, 0.15) is 0 Å². The Kier molecular flexibility index (Phi) is 3.50. The van der Waals surface area contributed by atoms with Crippen molar-refractivity contribution in [3.8, 4) is 0 Å². The SMILES string of the molecule is CN(C)c1nc2n(c(=O)n1)CCN2NC(=O)c1ccccc1. The minimum atomic E-state index is -0.370. The Labute approximate surface area is 127 Å². The zero-order valence-corrected chi connectivity index (χ0v) is 12.4. The lowest BCUT2D eigenvalue weighted by atomic mass is 10.2. The van der Waals surface area contributed by atoms with Gasteiger partial charge in [0.2, 0.25) is 11.9 Å². The molecule has 1 aliphatic rings. The highest BCUT2D eigenvalue weighted by Crippen LogP contribution is 2.16. The van der Waals surface area contributed by atoms with E-state index in [1.54, 1.807) is 48.3 Å². The number of hydrogen-bond acceptors (Lipinski definition) is 6. The average molecular weight is 300 g/mol.